The number of ether oxygens (including phenoxy) is 2. The van der Waals surface area contributed by atoms with Crippen LogP contribution in [0.4, 0.5) is 0 Å². The summed E-state index contributed by atoms with van der Waals surface area (Å²) in [7, 11) is 0. The second-order valence-electron chi connectivity index (χ2n) is 4.99. The fourth-order valence-corrected chi connectivity index (χ4v) is 2.85. The Morgan fingerprint density at radius 1 is 1.22 bits per heavy atom. The van der Waals surface area contributed by atoms with Crippen molar-refractivity contribution in [1.82, 2.24) is 0 Å². The first-order valence-electron chi connectivity index (χ1n) is 6.24. The summed E-state index contributed by atoms with van der Waals surface area (Å²) >= 11 is 0. The van der Waals surface area contributed by atoms with Crippen molar-refractivity contribution in [2.45, 2.75) is 31.8 Å². The minimum absolute atomic E-state index is 0.221. The lowest BCUT2D eigenvalue weighted by Gasteiger charge is -2.27. The first-order valence-corrected chi connectivity index (χ1v) is 6.24. The summed E-state index contributed by atoms with van der Waals surface area (Å²) in [6.45, 7) is 0.221. The first-order chi connectivity index (χ1) is 8.75. The van der Waals surface area contributed by atoms with E-state index >= 15 is 0 Å². The fourth-order valence-electron chi connectivity index (χ4n) is 2.85. The van der Waals surface area contributed by atoms with E-state index in [-0.39, 0.29) is 6.79 Å². The Kier molecular flexibility index (Phi) is 2.64. The van der Waals surface area contributed by atoms with Crippen molar-refractivity contribution in [2.24, 2.45) is 5.41 Å². The van der Waals surface area contributed by atoms with Crippen LogP contribution < -0.4 is 9.47 Å². The van der Waals surface area contributed by atoms with Crippen LogP contribution in [0.2, 0.25) is 0 Å². The molecule has 3 rings (SSSR count). The highest BCUT2D eigenvalue weighted by Gasteiger charge is 2.42. The predicted octanol–water partition coefficient (Wildman–Crippen LogP) is 2.53. The Morgan fingerprint density at radius 3 is 2.67 bits per heavy atom. The average molecular weight is 245 g/mol. The molecule has 4 heteroatoms. The minimum atomic E-state index is -0.750. The van der Waals surface area contributed by atoms with E-state index in [1.807, 2.05) is 6.07 Å². The van der Waals surface area contributed by atoms with Crippen LogP contribution in [-0.2, 0) is 0 Å². The lowest BCUT2D eigenvalue weighted by molar-refractivity contribution is 0.0669. The maximum atomic E-state index is 10.5. The molecule has 4 nitrogen and oxygen atoms in total. The molecule has 1 aliphatic heterocycles. The van der Waals surface area contributed by atoms with E-state index in [9.17, 15) is 10.4 Å². The average Bonchev–Trinajstić information content (AvgIpc) is 3.06. The highest BCUT2D eigenvalue weighted by atomic mass is 16.7. The molecule has 0 spiro atoms. The molecule has 1 N–H and O–H groups in total. The zero-order valence-corrected chi connectivity index (χ0v) is 10.1. The number of aliphatic hydroxyl groups excluding tert-OH is 1. The smallest absolute Gasteiger partial charge is 0.231 e. The molecular formula is C14H15NO3. The highest BCUT2D eigenvalue weighted by molar-refractivity contribution is 5.45. The van der Waals surface area contributed by atoms with Gasteiger partial charge in [0, 0.05) is 0 Å². The van der Waals surface area contributed by atoms with Crippen LogP contribution in [0, 0.1) is 16.7 Å². The largest absolute Gasteiger partial charge is 0.454 e. The molecule has 1 aromatic rings. The summed E-state index contributed by atoms with van der Waals surface area (Å²) in [6.07, 6.45) is 2.79. The second-order valence-corrected chi connectivity index (χ2v) is 4.99. The standard InChI is InChI=1S/C14H15NO3/c15-8-14(5-1-2-6-14)13(16)10-3-4-11-12(7-10)18-9-17-11/h3-4,7,13,16H,1-2,5-6,9H2. The number of hydrogen-bond donors (Lipinski definition) is 1. The van der Waals surface area contributed by atoms with Crippen molar-refractivity contribution in [2.75, 3.05) is 6.79 Å². The maximum Gasteiger partial charge on any atom is 0.231 e. The van der Waals surface area contributed by atoms with Crippen LogP contribution in [0.3, 0.4) is 0 Å². The molecule has 0 saturated heterocycles. The summed E-state index contributed by atoms with van der Waals surface area (Å²) in [5, 5.41) is 19.9. The topological polar surface area (TPSA) is 62.5 Å². The van der Waals surface area contributed by atoms with Crippen LogP contribution in [0.25, 0.3) is 0 Å². The van der Waals surface area contributed by atoms with Crippen LogP contribution in [0.1, 0.15) is 37.4 Å². The summed E-state index contributed by atoms with van der Waals surface area (Å²) in [4.78, 5) is 0. The number of benzene rings is 1. The molecule has 18 heavy (non-hydrogen) atoms. The number of rotatable bonds is 2. The van der Waals surface area contributed by atoms with E-state index in [4.69, 9.17) is 9.47 Å². The SMILES string of the molecule is N#CC1(C(O)c2ccc3c(c2)OCO3)CCCC1. The lowest BCUT2D eigenvalue weighted by atomic mass is 9.78. The number of fused-ring (bicyclic) bond motifs is 1. The highest BCUT2D eigenvalue weighted by Crippen LogP contribution is 2.48. The zero-order valence-electron chi connectivity index (χ0n) is 10.1. The van der Waals surface area contributed by atoms with Crippen molar-refractivity contribution in [3.05, 3.63) is 23.8 Å². The number of nitrogens with zero attached hydrogens (tertiary/aromatic N) is 1. The van der Waals surface area contributed by atoms with Crippen molar-refractivity contribution < 1.29 is 14.6 Å². The molecule has 0 bridgehead atoms. The molecular weight excluding hydrogens is 230 g/mol. The lowest BCUT2D eigenvalue weighted by Crippen LogP contribution is -2.23. The van der Waals surface area contributed by atoms with Gasteiger partial charge in [0.15, 0.2) is 11.5 Å². The molecule has 0 amide bonds. The molecule has 1 aliphatic carbocycles. The van der Waals surface area contributed by atoms with Gasteiger partial charge >= 0.3 is 0 Å². The molecule has 0 radical (unpaired) electrons. The molecule has 1 fully saturated rings. The Morgan fingerprint density at radius 2 is 1.94 bits per heavy atom. The molecule has 1 atom stereocenters. The summed E-state index contributed by atoms with van der Waals surface area (Å²) in [5.74, 6) is 1.35. The number of nitriles is 1. The Bertz CT molecular complexity index is 500. The Hall–Kier alpha value is -1.73. The van der Waals surface area contributed by atoms with Crippen LogP contribution in [0.5, 0.6) is 11.5 Å². The van der Waals surface area contributed by atoms with Gasteiger partial charge < -0.3 is 14.6 Å². The van der Waals surface area contributed by atoms with Gasteiger partial charge in [-0.3, -0.25) is 0 Å². The van der Waals surface area contributed by atoms with Gasteiger partial charge in [-0.25, -0.2) is 0 Å². The van der Waals surface area contributed by atoms with Crippen LogP contribution in [0.15, 0.2) is 18.2 Å². The van der Waals surface area contributed by atoms with Crippen LogP contribution >= 0.6 is 0 Å². The van der Waals surface area contributed by atoms with E-state index in [2.05, 4.69) is 6.07 Å². The van der Waals surface area contributed by atoms with E-state index in [1.165, 1.54) is 0 Å². The number of hydrogen-bond acceptors (Lipinski definition) is 4. The van der Waals surface area contributed by atoms with Crippen LogP contribution in [-0.4, -0.2) is 11.9 Å². The monoisotopic (exact) mass is 245 g/mol. The second kappa shape index (κ2) is 4.18. The summed E-state index contributed by atoms with van der Waals surface area (Å²) < 4.78 is 10.5. The molecule has 1 aromatic carbocycles. The summed E-state index contributed by atoms with van der Waals surface area (Å²) in [6, 6.07) is 7.71. The molecule has 1 unspecified atom stereocenters. The third-order valence-electron chi connectivity index (χ3n) is 3.95. The van der Waals surface area contributed by atoms with E-state index in [0.29, 0.717) is 11.5 Å². The molecule has 94 valence electrons. The summed E-state index contributed by atoms with van der Waals surface area (Å²) in [5.41, 5.74) is 0.107. The normalized spacial score (nSPS) is 21.6. The number of aliphatic hydroxyl groups is 1. The third-order valence-corrected chi connectivity index (χ3v) is 3.95. The maximum absolute atomic E-state index is 10.5. The van der Waals surface area contributed by atoms with Crippen molar-refractivity contribution in [3.63, 3.8) is 0 Å². The molecule has 1 heterocycles. The van der Waals surface area contributed by atoms with Crippen molar-refractivity contribution in [1.29, 1.82) is 5.26 Å². The van der Waals surface area contributed by atoms with Gasteiger partial charge in [-0.2, -0.15) is 5.26 Å². The van der Waals surface area contributed by atoms with Gasteiger partial charge in [-0.15, -0.1) is 0 Å². The van der Waals surface area contributed by atoms with Gasteiger partial charge in [0.2, 0.25) is 6.79 Å². The Balaban J connectivity index is 1.92. The fraction of sp³-hybridized carbons (Fsp3) is 0.500. The Labute approximate surface area is 106 Å². The van der Waals surface area contributed by atoms with E-state index in [0.717, 1.165) is 31.2 Å². The van der Waals surface area contributed by atoms with Gasteiger partial charge in [-0.1, -0.05) is 18.9 Å². The first kappa shape index (κ1) is 11.4. The van der Waals surface area contributed by atoms with E-state index < -0.39 is 11.5 Å². The van der Waals surface area contributed by atoms with Crippen molar-refractivity contribution in [3.8, 4) is 17.6 Å². The van der Waals surface area contributed by atoms with Gasteiger partial charge in [0.1, 0.15) is 0 Å². The minimum Gasteiger partial charge on any atom is -0.454 e. The predicted molar refractivity (Wildman–Crippen MR) is 64.0 cm³/mol. The quantitative estimate of drug-likeness (QED) is 0.869. The molecule has 1 saturated carbocycles. The molecule has 0 aromatic heterocycles. The van der Waals surface area contributed by atoms with Crippen molar-refractivity contribution >= 4 is 0 Å². The molecule has 2 aliphatic rings. The zero-order chi connectivity index (χ0) is 12.6. The van der Waals surface area contributed by atoms with Gasteiger partial charge in [0.25, 0.3) is 0 Å². The van der Waals surface area contributed by atoms with E-state index in [1.54, 1.807) is 12.1 Å². The third kappa shape index (κ3) is 1.63. The van der Waals surface area contributed by atoms with Gasteiger partial charge in [0.05, 0.1) is 17.6 Å². The van der Waals surface area contributed by atoms with Gasteiger partial charge in [-0.05, 0) is 30.5 Å².